The Kier molecular flexibility index (Phi) is 4.29. The third-order valence-corrected chi connectivity index (χ3v) is 5.38. The van der Waals surface area contributed by atoms with Gasteiger partial charge in [-0.2, -0.15) is 0 Å². The molecule has 3 nitrogen and oxygen atoms in total. The molecular weight excluding hydrogens is 260 g/mol. The van der Waals surface area contributed by atoms with Gasteiger partial charge in [-0.05, 0) is 49.0 Å². The standard InChI is InChI=1S/C18H26N2O/c1-20(12-16-10-14-7-8-15(16)9-14)18(21)17(19)11-13-5-3-2-4-6-13/h2-6,14-17H,7-12,19H2,1H3/t14?,15?,16?,17-/m0/s1. The van der Waals surface area contributed by atoms with Crippen LogP contribution >= 0.6 is 0 Å². The minimum absolute atomic E-state index is 0.0848. The molecule has 0 aliphatic heterocycles. The predicted octanol–water partition coefficient (Wildman–Crippen LogP) is 2.45. The molecule has 21 heavy (non-hydrogen) atoms. The van der Waals surface area contributed by atoms with Crippen molar-refractivity contribution in [3.8, 4) is 0 Å². The summed E-state index contributed by atoms with van der Waals surface area (Å²) < 4.78 is 0. The molecule has 0 saturated heterocycles. The van der Waals surface area contributed by atoms with E-state index in [4.69, 9.17) is 5.73 Å². The highest BCUT2D eigenvalue weighted by atomic mass is 16.2. The van der Waals surface area contributed by atoms with Crippen LogP contribution in [0, 0.1) is 17.8 Å². The van der Waals surface area contributed by atoms with E-state index in [1.54, 1.807) is 0 Å². The van der Waals surface area contributed by atoms with E-state index >= 15 is 0 Å². The zero-order valence-electron chi connectivity index (χ0n) is 12.9. The van der Waals surface area contributed by atoms with Crippen LogP contribution in [0.4, 0.5) is 0 Å². The summed E-state index contributed by atoms with van der Waals surface area (Å²) in [6.45, 7) is 0.891. The quantitative estimate of drug-likeness (QED) is 0.903. The van der Waals surface area contributed by atoms with Crippen LogP contribution in [0.15, 0.2) is 30.3 Å². The van der Waals surface area contributed by atoms with Crippen LogP contribution in [0.3, 0.4) is 0 Å². The van der Waals surface area contributed by atoms with E-state index in [0.29, 0.717) is 12.3 Å². The number of fused-ring (bicyclic) bond motifs is 2. The first-order valence-corrected chi connectivity index (χ1v) is 8.18. The van der Waals surface area contributed by atoms with Crippen LogP contribution in [0.2, 0.25) is 0 Å². The normalized spacial score (nSPS) is 28.6. The Morgan fingerprint density at radius 3 is 2.67 bits per heavy atom. The Morgan fingerprint density at radius 2 is 2.05 bits per heavy atom. The summed E-state index contributed by atoms with van der Waals surface area (Å²) in [6.07, 6.45) is 6.11. The fourth-order valence-corrected chi connectivity index (χ4v) is 4.28. The molecule has 0 radical (unpaired) electrons. The van der Waals surface area contributed by atoms with Crippen LogP contribution in [0.25, 0.3) is 0 Å². The number of carbonyl (C=O) groups is 1. The van der Waals surface area contributed by atoms with E-state index in [9.17, 15) is 4.79 Å². The average molecular weight is 286 g/mol. The lowest BCUT2D eigenvalue weighted by Gasteiger charge is -2.28. The highest BCUT2D eigenvalue weighted by Crippen LogP contribution is 2.48. The zero-order chi connectivity index (χ0) is 14.8. The van der Waals surface area contributed by atoms with Crippen LogP contribution in [0.1, 0.15) is 31.2 Å². The molecule has 2 N–H and O–H groups in total. The molecule has 1 aromatic rings. The number of amides is 1. The van der Waals surface area contributed by atoms with Crippen molar-refractivity contribution < 1.29 is 4.79 Å². The zero-order valence-corrected chi connectivity index (χ0v) is 12.9. The molecule has 0 aromatic heterocycles. The van der Waals surface area contributed by atoms with E-state index in [1.165, 1.54) is 25.7 Å². The lowest BCUT2D eigenvalue weighted by atomic mass is 9.88. The largest absolute Gasteiger partial charge is 0.344 e. The molecule has 2 aliphatic carbocycles. The fourth-order valence-electron chi connectivity index (χ4n) is 4.28. The monoisotopic (exact) mass is 286 g/mol. The summed E-state index contributed by atoms with van der Waals surface area (Å²) in [5.74, 6) is 2.58. The number of benzene rings is 1. The van der Waals surface area contributed by atoms with Gasteiger partial charge in [-0.25, -0.2) is 0 Å². The molecule has 3 unspecified atom stereocenters. The second kappa shape index (κ2) is 6.18. The van der Waals surface area contributed by atoms with Crippen LogP contribution < -0.4 is 5.73 Å². The number of hydrogen-bond donors (Lipinski definition) is 1. The molecule has 2 aliphatic rings. The van der Waals surface area contributed by atoms with Crippen molar-refractivity contribution in [1.29, 1.82) is 0 Å². The number of likely N-dealkylation sites (N-methyl/N-ethyl adjacent to an activating group) is 1. The second-order valence-electron chi connectivity index (χ2n) is 6.95. The van der Waals surface area contributed by atoms with Gasteiger partial charge in [-0.1, -0.05) is 36.8 Å². The summed E-state index contributed by atoms with van der Waals surface area (Å²) in [5.41, 5.74) is 7.24. The van der Waals surface area contributed by atoms with Gasteiger partial charge in [0, 0.05) is 13.6 Å². The summed E-state index contributed by atoms with van der Waals surface area (Å²) in [4.78, 5) is 14.3. The lowest BCUT2D eigenvalue weighted by Crippen LogP contribution is -2.45. The SMILES string of the molecule is CN(CC1CC2CCC1C2)C(=O)[C@@H](N)Cc1ccccc1. The number of nitrogens with two attached hydrogens (primary N) is 1. The predicted molar refractivity (Wildman–Crippen MR) is 84.7 cm³/mol. The van der Waals surface area contributed by atoms with Crippen LogP contribution in [-0.4, -0.2) is 30.4 Å². The van der Waals surface area contributed by atoms with Gasteiger partial charge in [-0.3, -0.25) is 4.79 Å². The Balaban J connectivity index is 1.52. The van der Waals surface area contributed by atoms with E-state index in [0.717, 1.165) is 23.9 Å². The topological polar surface area (TPSA) is 46.3 Å². The van der Waals surface area contributed by atoms with Gasteiger partial charge in [0.1, 0.15) is 0 Å². The van der Waals surface area contributed by atoms with Gasteiger partial charge in [0.15, 0.2) is 0 Å². The molecule has 114 valence electrons. The van der Waals surface area contributed by atoms with Gasteiger partial charge in [-0.15, -0.1) is 0 Å². The van der Waals surface area contributed by atoms with Crippen molar-refractivity contribution in [2.75, 3.05) is 13.6 Å². The first-order chi connectivity index (χ1) is 10.1. The summed E-state index contributed by atoms with van der Waals surface area (Å²) in [5, 5.41) is 0. The summed E-state index contributed by atoms with van der Waals surface area (Å²) >= 11 is 0. The molecule has 3 heteroatoms. The van der Waals surface area contributed by atoms with Gasteiger partial charge in [0.2, 0.25) is 5.91 Å². The Bertz CT molecular complexity index is 487. The van der Waals surface area contributed by atoms with Crippen molar-refractivity contribution >= 4 is 5.91 Å². The molecule has 4 atom stereocenters. The van der Waals surface area contributed by atoms with Crippen LogP contribution in [-0.2, 0) is 11.2 Å². The Labute approximate surface area is 127 Å². The van der Waals surface area contributed by atoms with Gasteiger partial charge >= 0.3 is 0 Å². The van der Waals surface area contributed by atoms with Gasteiger partial charge in [0.25, 0.3) is 0 Å². The molecule has 1 aromatic carbocycles. The first-order valence-electron chi connectivity index (χ1n) is 8.18. The van der Waals surface area contributed by atoms with E-state index in [2.05, 4.69) is 0 Å². The maximum absolute atomic E-state index is 12.4. The minimum atomic E-state index is -0.420. The second-order valence-corrected chi connectivity index (χ2v) is 6.95. The lowest BCUT2D eigenvalue weighted by molar-refractivity contribution is -0.132. The molecule has 0 heterocycles. The summed E-state index contributed by atoms with van der Waals surface area (Å²) in [7, 11) is 1.92. The molecule has 3 rings (SSSR count). The van der Waals surface area contributed by atoms with Crippen molar-refractivity contribution in [1.82, 2.24) is 4.90 Å². The molecule has 0 spiro atoms. The third-order valence-electron chi connectivity index (χ3n) is 5.38. The Morgan fingerprint density at radius 1 is 1.29 bits per heavy atom. The Hall–Kier alpha value is -1.35. The molecule has 2 saturated carbocycles. The summed E-state index contributed by atoms with van der Waals surface area (Å²) in [6, 6.07) is 9.61. The smallest absolute Gasteiger partial charge is 0.239 e. The maximum atomic E-state index is 12.4. The van der Waals surface area contributed by atoms with Gasteiger partial charge in [0.05, 0.1) is 6.04 Å². The molecular formula is C18H26N2O. The fraction of sp³-hybridized carbons (Fsp3) is 0.611. The minimum Gasteiger partial charge on any atom is -0.344 e. The highest BCUT2D eigenvalue weighted by Gasteiger charge is 2.40. The molecule has 1 amide bonds. The number of rotatable bonds is 5. The van der Waals surface area contributed by atoms with Crippen LogP contribution in [0.5, 0.6) is 0 Å². The third kappa shape index (κ3) is 3.29. The van der Waals surface area contributed by atoms with Crippen molar-refractivity contribution in [3.05, 3.63) is 35.9 Å². The number of carbonyl (C=O) groups excluding carboxylic acids is 1. The van der Waals surface area contributed by atoms with Crippen molar-refractivity contribution in [2.45, 2.75) is 38.1 Å². The van der Waals surface area contributed by atoms with Crippen molar-refractivity contribution in [3.63, 3.8) is 0 Å². The number of hydrogen-bond acceptors (Lipinski definition) is 2. The maximum Gasteiger partial charge on any atom is 0.239 e. The van der Waals surface area contributed by atoms with E-state index in [1.807, 2.05) is 42.3 Å². The molecule has 2 fully saturated rings. The average Bonchev–Trinajstić information content (AvgIpc) is 3.10. The van der Waals surface area contributed by atoms with E-state index in [-0.39, 0.29) is 5.91 Å². The van der Waals surface area contributed by atoms with Crippen molar-refractivity contribution in [2.24, 2.45) is 23.5 Å². The van der Waals surface area contributed by atoms with E-state index < -0.39 is 6.04 Å². The number of nitrogens with zero attached hydrogens (tertiary/aromatic N) is 1. The highest BCUT2D eigenvalue weighted by molar-refractivity contribution is 5.81. The molecule has 2 bridgehead atoms. The van der Waals surface area contributed by atoms with Gasteiger partial charge < -0.3 is 10.6 Å². The first kappa shape index (κ1) is 14.6.